The molecule has 0 saturated heterocycles. The van der Waals surface area contributed by atoms with Crippen LogP contribution in [0.15, 0.2) is 42.5 Å². The number of nitrogens with zero attached hydrogens (tertiary/aromatic N) is 1. The van der Waals surface area contributed by atoms with E-state index in [1.165, 1.54) is 21.8 Å². The third-order valence-corrected chi connectivity index (χ3v) is 5.15. The number of carbonyl (C=O) groups is 1. The lowest BCUT2D eigenvalue weighted by molar-refractivity contribution is 0.102. The molecule has 2 aromatic carbocycles. The Morgan fingerprint density at radius 1 is 1.12 bits per heavy atom. The number of hydrogen-bond acceptors (Lipinski definition) is 5. The molecular formula is C18H12N2O3S. The van der Waals surface area contributed by atoms with Crippen LogP contribution < -0.4 is 14.8 Å². The van der Waals surface area contributed by atoms with Crippen LogP contribution in [-0.4, -0.2) is 17.7 Å². The smallest absolute Gasteiger partial charge is 0.257 e. The molecule has 6 heteroatoms. The summed E-state index contributed by atoms with van der Waals surface area (Å²) >= 11 is 1.53. The molecule has 0 spiro atoms. The van der Waals surface area contributed by atoms with Crippen LogP contribution in [0.2, 0.25) is 0 Å². The van der Waals surface area contributed by atoms with Gasteiger partial charge in [-0.2, -0.15) is 0 Å². The predicted molar refractivity (Wildman–Crippen MR) is 90.9 cm³/mol. The van der Waals surface area contributed by atoms with Crippen LogP contribution in [0.25, 0.3) is 11.3 Å². The van der Waals surface area contributed by atoms with Gasteiger partial charge < -0.3 is 9.47 Å². The van der Waals surface area contributed by atoms with Gasteiger partial charge in [0.1, 0.15) is 0 Å². The van der Waals surface area contributed by atoms with Crippen LogP contribution in [0.4, 0.5) is 5.13 Å². The molecule has 118 valence electrons. The van der Waals surface area contributed by atoms with Crippen molar-refractivity contribution >= 4 is 22.4 Å². The fourth-order valence-corrected chi connectivity index (χ4v) is 4.01. The van der Waals surface area contributed by atoms with E-state index < -0.39 is 0 Å². The van der Waals surface area contributed by atoms with Gasteiger partial charge >= 0.3 is 0 Å². The Balaban J connectivity index is 1.41. The van der Waals surface area contributed by atoms with Gasteiger partial charge in [0.2, 0.25) is 6.79 Å². The van der Waals surface area contributed by atoms with Crippen molar-refractivity contribution in [1.82, 2.24) is 4.98 Å². The van der Waals surface area contributed by atoms with Gasteiger partial charge in [0, 0.05) is 22.4 Å². The molecule has 1 aliphatic carbocycles. The lowest BCUT2D eigenvalue weighted by atomic mass is 10.1. The van der Waals surface area contributed by atoms with Gasteiger partial charge in [-0.15, -0.1) is 11.3 Å². The number of benzene rings is 2. The van der Waals surface area contributed by atoms with Crippen LogP contribution >= 0.6 is 11.3 Å². The average Bonchev–Trinajstić information content (AvgIpc) is 3.27. The van der Waals surface area contributed by atoms with Crippen molar-refractivity contribution in [2.24, 2.45) is 0 Å². The maximum absolute atomic E-state index is 12.4. The summed E-state index contributed by atoms with van der Waals surface area (Å²) in [7, 11) is 0. The van der Waals surface area contributed by atoms with Crippen LogP contribution in [0, 0.1) is 0 Å². The molecule has 1 N–H and O–H groups in total. The highest BCUT2D eigenvalue weighted by atomic mass is 32.1. The molecule has 0 fully saturated rings. The van der Waals surface area contributed by atoms with Crippen molar-refractivity contribution in [3.05, 3.63) is 58.5 Å². The van der Waals surface area contributed by atoms with E-state index in [2.05, 4.69) is 22.4 Å². The van der Waals surface area contributed by atoms with Crippen molar-refractivity contribution in [2.45, 2.75) is 6.42 Å². The summed E-state index contributed by atoms with van der Waals surface area (Å²) in [4.78, 5) is 18.2. The van der Waals surface area contributed by atoms with E-state index in [-0.39, 0.29) is 12.7 Å². The Labute approximate surface area is 141 Å². The van der Waals surface area contributed by atoms with Crippen LogP contribution in [0.3, 0.4) is 0 Å². The fourth-order valence-electron chi connectivity index (χ4n) is 3.02. The highest BCUT2D eigenvalue weighted by Gasteiger charge is 2.24. The minimum Gasteiger partial charge on any atom is -0.454 e. The highest BCUT2D eigenvalue weighted by Crippen LogP contribution is 2.41. The fraction of sp³-hybridized carbons (Fsp3) is 0.111. The normalized spacial score (nSPS) is 13.5. The first kappa shape index (κ1) is 13.6. The lowest BCUT2D eigenvalue weighted by Gasteiger charge is -2.03. The molecule has 0 atom stereocenters. The standard InChI is InChI=1S/C18H12N2O3S/c21-17(11-5-6-13-14(7-11)23-9-22-13)20-18-19-16-12-4-2-1-3-10(12)8-15(16)24-18/h1-7H,8-9H2,(H,19,20,21). The van der Waals surface area contributed by atoms with Gasteiger partial charge in [-0.1, -0.05) is 24.3 Å². The number of thiazole rings is 1. The van der Waals surface area contributed by atoms with Crippen molar-refractivity contribution in [3.63, 3.8) is 0 Å². The van der Waals surface area contributed by atoms with Crippen LogP contribution in [0.1, 0.15) is 20.8 Å². The number of aromatic nitrogens is 1. The molecule has 24 heavy (non-hydrogen) atoms. The molecule has 1 aliphatic heterocycles. The van der Waals surface area contributed by atoms with E-state index in [1.54, 1.807) is 18.2 Å². The first-order chi connectivity index (χ1) is 11.8. The van der Waals surface area contributed by atoms with E-state index in [0.29, 0.717) is 22.2 Å². The molecule has 1 aromatic heterocycles. The van der Waals surface area contributed by atoms with Gasteiger partial charge in [-0.25, -0.2) is 4.98 Å². The molecule has 3 aromatic rings. The molecule has 2 heterocycles. The molecular weight excluding hydrogens is 324 g/mol. The second kappa shape index (κ2) is 5.07. The largest absolute Gasteiger partial charge is 0.454 e. The molecule has 0 bridgehead atoms. The summed E-state index contributed by atoms with van der Waals surface area (Å²) in [5.74, 6) is 1.06. The number of carbonyl (C=O) groups excluding carboxylic acids is 1. The number of rotatable bonds is 2. The Hall–Kier alpha value is -2.86. The molecule has 5 rings (SSSR count). The second-order valence-corrected chi connectivity index (χ2v) is 6.73. The number of amides is 1. The van der Waals surface area contributed by atoms with Gasteiger partial charge in [0.15, 0.2) is 16.6 Å². The number of fused-ring (bicyclic) bond motifs is 4. The van der Waals surface area contributed by atoms with E-state index in [9.17, 15) is 4.79 Å². The Morgan fingerprint density at radius 2 is 2.00 bits per heavy atom. The summed E-state index contributed by atoms with van der Waals surface area (Å²) in [6.45, 7) is 0.193. The first-order valence-electron chi connectivity index (χ1n) is 7.57. The van der Waals surface area contributed by atoms with Crippen LogP contribution in [-0.2, 0) is 6.42 Å². The first-order valence-corrected chi connectivity index (χ1v) is 8.38. The molecule has 0 saturated carbocycles. The van der Waals surface area contributed by atoms with E-state index in [4.69, 9.17) is 9.47 Å². The summed E-state index contributed by atoms with van der Waals surface area (Å²) in [5, 5.41) is 3.50. The summed E-state index contributed by atoms with van der Waals surface area (Å²) < 4.78 is 10.6. The van der Waals surface area contributed by atoms with E-state index in [0.717, 1.165) is 17.7 Å². The number of ether oxygens (including phenoxy) is 2. The Kier molecular flexibility index (Phi) is 2.87. The zero-order valence-electron chi connectivity index (χ0n) is 12.5. The van der Waals surface area contributed by atoms with Crippen molar-refractivity contribution in [2.75, 3.05) is 12.1 Å². The molecule has 5 nitrogen and oxygen atoms in total. The van der Waals surface area contributed by atoms with E-state index in [1.807, 2.05) is 12.1 Å². The maximum atomic E-state index is 12.4. The van der Waals surface area contributed by atoms with Gasteiger partial charge in [-0.05, 0) is 23.8 Å². The Morgan fingerprint density at radius 3 is 2.96 bits per heavy atom. The topological polar surface area (TPSA) is 60.5 Å². The summed E-state index contributed by atoms with van der Waals surface area (Å²) in [6.07, 6.45) is 0.878. The summed E-state index contributed by atoms with van der Waals surface area (Å²) in [5.41, 5.74) is 3.96. The van der Waals surface area contributed by atoms with Gasteiger partial charge in [-0.3, -0.25) is 10.1 Å². The number of nitrogens with one attached hydrogen (secondary N) is 1. The third-order valence-electron chi connectivity index (χ3n) is 4.18. The van der Waals surface area contributed by atoms with Crippen molar-refractivity contribution < 1.29 is 14.3 Å². The van der Waals surface area contributed by atoms with Gasteiger partial charge in [0.05, 0.1) is 5.69 Å². The molecule has 2 aliphatic rings. The minimum atomic E-state index is -0.200. The predicted octanol–water partition coefficient (Wildman–Crippen LogP) is 3.70. The van der Waals surface area contributed by atoms with Gasteiger partial charge in [0.25, 0.3) is 5.91 Å². The number of anilines is 1. The Bertz CT molecular complexity index is 980. The average molecular weight is 336 g/mol. The monoisotopic (exact) mass is 336 g/mol. The second-order valence-electron chi connectivity index (χ2n) is 5.65. The summed E-state index contributed by atoms with van der Waals surface area (Å²) in [6, 6.07) is 13.4. The quantitative estimate of drug-likeness (QED) is 0.606. The SMILES string of the molecule is O=C(Nc1nc2c(s1)Cc1ccccc1-2)c1ccc2c(c1)OCO2. The highest BCUT2D eigenvalue weighted by molar-refractivity contribution is 7.16. The van der Waals surface area contributed by atoms with Crippen molar-refractivity contribution in [3.8, 4) is 22.8 Å². The molecule has 0 unspecified atom stereocenters. The molecule has 1 amide bonds. The zero-order valence-corrected chi connectivity index (χ0v) is 13.4. The van der Waals surface area contributed by atoms with Crippen LogP contribution in [0.5, 0.6) is 11.5 Å². The zero-order chi connectivity index (χ0) is 16.1. The number of hydrogen-bond donors (Lipinski definition) is 1. The lowest BCUT2D eigenvalue weighted by Crippen LogP contribution is -2.11. The third kappa shape index (κ3) is 2.07. The minimum absolute atomic E-state index is 0.193. The maximum Gasteiger partial charge on any atom is 0.257 e. The van der Waals surface area contributed by atoms with Crippen molar-refractivity contribution in [1.29, 1.82) is 0 Å². The molecule has 0 radical (unpaired) electrons. The van der Waals surface area contributed by atoms with E-state index >= 15 is 0 Å².